The van der Waals surface area contributed by atoms with E-state index in [0.717, 1.165) is 38.1 Å². The lowest BCUT2D eigenvalue weighted by Gasteiger charge is -2.08. The molecule has 0 aliphatic rings. The van der Waals surface area contributed by atoms with Gasteiger partial charge in [0.25, 0.3) is 0 Å². The normalized spacial score (nSPS) is 11.2. The minimum absolute atomic E-state index is 0.771. The van der Waals surface area contributed by atoms with Crippen LogP contribution < -0.4 is 0 Å². The Labute approximate surface area is 119 Å². The summed E-state index contributed by atoms with van der Waals surface area (Å²) in [4.78, 5) is 0. The van der Waals surface area contributed by atoms with Crippen LogP contribution in [0.25, 0.3) is 16.6 Å². The number of fused-ring (bicyclic) bond motifs is 1. The second-order valence-corrected chi connectivity index (χ2v) is 5.34. The SMILES string of the molecule is Cc1nn(-c2nnc(C)c3ccccc23)c(C)c1Br. The Morgan fingerprint density at radius 2 is 1.63 bits per heavy atom. The fourth-order valence-corrected chi connectivity index (χ4v) is 2.46. The summed E-state index contributed by atoms with van der Waals surface area (Å²) in [5.41, 5.74) is 2.91. The first-order valence-electron chi connectivity index (χ1n) is 6.03. The van der Waals surface area contributed by atoms with Crippen LogP contribution in [0.4, 0.5) is 0 Å². The second-order valence-electron chi connectivity index (χ2n) is 4.55. The molecule has 0 atom stereocenters. The zero-order chi connectivity index (χ0) is 13.6. The smallest absolute Gasteiger partial charge is 0.183 e. The Balaban J connectivity index is 2.37. The molecule has 0 spiro atoms. The highest BCUT2D eigenvalue weighted by Gasteiger charge is 2.14. The van der Waals surface area contributed by atoms with Crippen molar-refractivity contribution in [2.24, 2.45) is 0 Å². The molecule has 0 saturated carbocycles. The topological polar surface area (TPSA) is 43.6 Å². The third kappa shape index (κ3) is 1.85. The molecule has 4 nitrogen and oxygen atoms in total. The summed E-state index contributed by atoms with van der Waals surface area (Å²) in [5, 5.41) is 15.3. The van der Waals surface area contributed by atoms with E-state index in [1.54, 1.807) is 0 Å². The molecule has 5 heteroatoms. The minimum Gasteiger partial charge on any atom is -0.216 e. The Morgan fingerprint density at radius 1 is 0.947 bits per heavy atom. The lowest BCUT2D eigenvalue weighted by atomic mass is 10.1. The first-order chi connectivity index (χ1) is 9.09. The maximum atomic E-state index is 4.53. The fourth-order valence-electron chi connectivity index (χ4n) is 2.21. The number of hydrogen-bond donors (Lipinski definition) is 0. The Hall–Kier alpha value is -1.75. The summed E-state index contributed by atoms with van der Waals surface area (Å²) in [5.74, 6) is 0.771. The first kappa shape index (κ1) is 12.3. The zero-order valence-corrected chi connectivity index (χ0v) is 12.6. The maximum Gasteiger partial charge on any atom is 0.183 e. The lowest BCUT2D eigenvalue weighted by Crippen LogP contribution is -2.05. The van der Waals surface area contributed by atoms with Crippen molar-refractivity contribution in [1.82, 2.24) is 20.0 Å². The van der Waals surface area contributed by atoms with E-state index in [1.807, 2.05) is 37.6 Å². The predicted molar refractivity (Wildman–Crippen MR) is 78.6 cm³/mol. The molecular formula is C14H13BrN4. The molecule has 0 amide bonds. The molecule has 96 valence electrons. The van der Waals surface area contributed by atoms with Gasteiger partial charge < -0.3 is 0 Å². The average Bonchev–Trinajstić information content (AvgIpc) is 2.67. The molecule has 1 aromatic carbocycles. The van der Waals surface area contributed by atoms with Crippen LogP contribution in [-0.4, -0.2) is 20.0 Å². The van der Waals surface area contributed by atoms with E-state index in [-0.39, 0.29) is 0 Å². The molecular weight excluding hydrogens is 304 g/mol. The van der Waals surface area contributed by atoms with Crippen molar-refractivity contribution in [1.29, 1.82) is 0 Å². The molecule has 2 heterocycles. The van der Waals surface area contributed by atoms with Crippen molar-refractivity contribution in [2.45, 2.75) is 20.8 Å². The largest absolute Gasteiger partial charge is 0.216 e. The molecule has 3 aromatic rings. The van der Waals surface area contributed by atoms with Gasteiger partial charge in [-0.15, -0.1) is 5.10 Å². The Bertz CT molecular complexity index is 776. The van der Waals surface area contributed by atoms with Gasteiger partial charge in [0, 0.05) is 10.8 Å². The van der Waals surface area contributed by atoms with Gasteiger partial charge in [0.2, 0.25) is 0 Å². The summed E-state index contributed by atoms with van der Waals surface area (Å²) in [6, 6.07) is 8.13. The van der Waals surface area contributed by atoms with Gasteiger partial charge in [0.15, 0.2) is 5.82 Å². The van der Waals surface area contributed by atoms with E-state index in [2.05, 4.69) is 43.4 Å². The van der Waals surface area contributed by atoms with Crippen LogP contribution in [0, 0.1) is 20.8 Å². The highest BCUT2D eigenvalue weighted by Crippen LogP contribution is 2.26. The van der Waals surface area contributed by atoms with E-state index in [1.165, 1.54) is 0 Å². The Kier molecular flexibility index (Phi) is 2.86. The maximum absolute atomic E-state index is 4.53. The molecule has 3 rings (SSSR count). The van der Waals surface area contributed by atoms with Crippen molar-refractivity contribution in [3.63, 3.8) is 0 Å². The van der Waals surface area contributed by atoms with Crippen LogP contribution in [0.5, 0.6) is 0 Å². The number of rotatable bonds is 1. The zero-order valence-electron chi connectivity index (χ0n) is 11.0. The molecule has 0 fully saturated rings. The van der Waals surface area contributed by atoms with Crippen LogP contribution in [0.1, 0.15) is 17.1 Å². The third-order valence-corrected chi connectivity index (χ3v) is 4.40. The number of aromatic nitrogens is 4. The molecule has 0 bridgehead atoms. The van der Waals surface area contributed by atoms with Crippen molar-refractivity contribution < 1.29 is 0 Å². The van der Waals surface area contributed by atoms with Crippen molar-refractivity contribution >= 4 is 26.7 Å². The number of hydrogen-bond acceptors (Lipinski definition) is 3. The highest BCUT2D eigenvalue weighted by molar-refractivity contribution is 9.10. The van der Waals surface area contributed by atoms with Gasteiger partial charge in [-0.2, -0.15) is 10.2 Å². The van der Waals surface area contributed by atoms with E-state index in [4.69, 9.17) is 0 Å². The van der Waals surface area contributed by atoms with E-state index >= 15 is 0 Å². The van der Waals surface area contributed by atoms with Gasteiger partial charge in [-0.3, -0.25) is 0 Å². The molecule has 0 saturated heterocycles. The minimum atomic E-state index is 0.771. The number of nitrogens with zero attached hydrogens (tertiary/aromatic N) is 4. The quantitative estimate of drug-likeness (QED) is 0.690. The predicted octanol–water partition coefficient (Wildman–Crippen LogP) is 3.50. The number of benzene rings is 1. The third-order valence-electron chi connectivity index (χ3n) is 3.26. The van der Waals surface area contributed by atoms with Crippen LogP contribution >= 0.6 is 15.9 Å². The summed E-state index contributed by atoms with van der Waals surface area (Å²) >= 11 is 3.54. The molecule has 0 aliphatic carbocycles. The standard InChI is InChI=1S/C14H13BrN4/c1-8-11-6-4-5-7-12(11)14(17-16-8)19-10(3)13(15)9(2)18-19/h4-7H,1-3H3. The van der Waals surface area contributed by atoms with Crippen LogP contribution in [0.2, 0.25) is 0 Å². The summed E-state index contributed by atoms with van der Waals surface area (Å²) < 4.78 is 2.85. The molecule has 0 N–H and O–H groups in total. The lowest BCUT2D eigenvalue weighted by molar-refractivity contribution is 0.786. The summed E-state index contributed by atoms with van der Waals surface area (Å²) in [7, 11) is 0. The number of halogens is 1. The van der Waals surface area contributed by atoms with E-state index < -0.39 is 0 Å². The molecule has 0 aliphatic heterocycles. The van der Waals surface area contributed by atoms with Crippen LogP contribution in [-0.2, 0) is 0 Å². The summed E-state index contributed by atoms with van der Waals surface area (Å²) in [6.45, 7) is 5.95. The van der Waals surface area contributed by atoms with Gasteiger partial charge >= 0.3 is 0 Å². The molecule has 2 aromatic heterocycles. The van der Waals surface area contributed by atoms with Gasteiger partial charge in [0.05, 0.1) is 21.6 Å². The molecule has 0 radical (unpaired) electrons. The molecule has 19 heavy (non-hydrogen) atoms. The monoisotopic (exact) mass is 316 g/mol. The second kappa shape index (κ2) is 4.42. The van der Waals surface area contributed by atoms with Gasteiger partial charge in [-0.05, 0) is 36.7 Å². The van der Waals surface area contributed by atoms with Crippen molar-refractivity contribution in [3.8, 4) is 5.82 Å². The van der Waals surface area contributed by atoms with Gasteiger partial charge in [-0.1, -0.05) is 24.3 Å². The van der Waals surface area contributed by atoms with E-state index in [9.17, 15) is 0 Å². The Morgan fingerprint density at radius 3 is 2.26 bits per heavy atom. The average molecular weight is 317 g/mol. The summed E-state index contributed by atoms with van der Waals surface area (Å²) in [6.07, 6.45) is 0. The van der Waals surface area contributed by atoms with Crippen molar-refractivity contribution in [3.05, 3.63) is 45.8 Å². The van der Waals surface area contributed by atoms with E-state index in [0.29, 0.717) is 0 Å². The van der Waals surface area contributed by atoms with Gasteiger partial charge in [0.1, 0.15) is 0 Å². The van der Waals surface area contributed by atoms with Crippen molar-refractivity contribution in [2.75, 3.05) is 0 Å². The number of aryl methyl sites for hydroxylation is 2. The first-order valence-corrected chi connectivity index (χ1v) is 6.83. The fraction of sp³-hybridized carbons (Fsp3) is 0.214. The van der Waals surface area contributed by atoms with Gasteiger partial charge in [-0.25, -0.2) is 4.68 Å². The molecule has 0 unspecified atom stereocenters. The van der Waals surface area contributed by atoms with Crippen LogP contribution in [0.15, 0.2) is 28.7 Å². The van der Waals surface area contributed by atoms with Crippen LogP contribution in [0.3, 0.4) is 0 Å². The highest BCUT2D eigenvalue weighted by atomic mass is 79.9.